The summed E-state index contributed by atoms with van der Waals surface area (Å²) < 4.78 is 19.1. The molecule has 1 aromatic carbocycles. The van der Waals surface area contributed by atoms with Gasteiger partial charge < -0.3 is 24.8 Å². The highest BCUT2D eigenvalue weighted by Gasteiger charge is 2.21. The zero-order valence-electron chi connectivity index (χ0n) is 20.5. The van der Waals surface area contributed by atoms with Gasteiger partial charge >= 0.3 is 0 Å². The fraction of sp³-hybridized carbons (Fsp3) is 0.458. The third-order valence-electron chi connectivity index (χ3n) is 6.21. The van der Waals surface area contributed by atoms with E-state index in [4.69, 9.17) is 19.2 Å². The van der Waals surface area contributed by atoms with Crippen LogP contribution in [0.3, 0.4) is 0 Å². The van der Waals surface area contributed by atoms with Crippen LogP contribution >= 0.6 is 0 Å². The summed E-state index contributed by atoms with van der Waals surface area (Å²) in [5.41, 5.74) is 1.14. The molecule has 190 valence electrons. The van der Waals surface area contributed by atoms with Crippen LogP contribution in [0, 0.1) is 0 Å². The Balaban J connectivity index is 1.43. The predicted octanol–water partition coefficient (Wildman–Crippen LogP) is 1.14. The van der Waals surface area contributed by atoms with Gasteiger partial charge in [0.05, 0.1) is 32.5 Å². The van der Waals surface area contributed by atoms with E-state index in [9.17, 15) is 4.79 Å². The van der Waals surface area contributed by atoms with E-state index in [0.29, 0.717) is 42.7 Å². The number of hydrogen-bond donors (Lipinski definition) is 2. The summed E-state index contributed by atoms with van der Waals surface area (Å²) in [7, 11) is 3.30. The summed E-state index contributed by atoms with van der Waals surface area (Å²) in [6.07, 6.45) is 3.77. The van der Waals surface area contributed by atoms with E-state index >= 15 is 0 Å². The number of amides is 1. The summed E-state index contributed by atoms with van der Waals surface area (Å²) in [6.45, 7) is 6.33. The molecule has 5 rings (SSSR count). The van der Waals surface area contributed by atoms with Gasteiger partial charge in [-0.1, -0.05) is 0 Å². The van der Waals surface area contributed by atoms with E-state index < -0.39 is 5.91 Å². The highest BCUT2D eigenvalue weighted by molar-refractivity contribution is 5.96. The second-order valence-corrected chi connectivity index (χ2v) is 8.45. The first-order chi connectivity index (χ1) is 17.7. The van der Waals surface area contributed by atoms with Gasteiger partial charge in [0.15, 0.2) is 11.5 Å². The number of methoxy groups -OCH3 is 1. The maximum Gasteiger partial charge on any atom is 0.283 e. The maximum atomic E-state index is 12.9. The van der Waals surface area contributed by atoms with E-state index in [2.05, 4.69) is 30.5 Å². The van der Waals surface area contributed by atoms with Gasteiger partial charge in [0.1, 0.15) is 11.3 Å². The van der Waals surface area contributed by atoms with Gasteiger partial charge in [-0.3, -0.25) is 14.3 Å². The molecular weight excluding hydrogens is 464 g/mol. The number of nitrogens with zero attached hydrogens (tertiary/aromatic N) is 6. The highest BCUT2D eigenvalue weighted by Crippen LogP contribution is 2.37. The van der Waals surface area contributed by atoms with Crippen LogP contribution in [-0.4, -0.2) is 90.5 Å². The first-order valence-electron chi connectivity index (χ1n) is 12.0. The summed E-state index contributed by atoms with van der Waals surface area (Å²) in [5.74, 6) is 1.92. The van der Waals surface area contributed by atoms with Gasteiger partial charge in [0, 0.05) is 57.6 Å². The molecule has 12 nitrogen and oxygen atoms in total. The Morgan fingerprint density at radius 3 is 2.78 bits per heavy atom. The lowest BCUT2D eigenvalue weighted by Gasteiger charge is -2.26. The van der Waals surface area contributed by atoms with Crippen LogP contribution in [0.25, 0.3) is 10.9 Å². The van der Waals surface area contributed by atoms with E-state index in [-0.39, 0.29) is 11.2 Å². The van der Waals surface area contributed by atoms with Crippen molar-refractivity contribution in [3.63, 3.8) is 0 Å². The predicted molar refractivity (Wildman–Crippen MR) is 134 cm³/mol. The Morgan fingerprint density at radius 2 is 2.03 bits per heavy atom. The Labute approximate surface area is 208 Å². The second kappa shape index (κ2) is 10.9. The van der Waals surface area contributed by atoms with Crippen molar-refractivity contribution in [1.29, 1.82) is 0 Å². The molecule has 1 amide bonds. The smallest absolute Gasteiger partial charge is 0.283 e. The van der Waals surface area contributed by atoms with Crippen LogP contribution in [-0.2, 0) is 11.3 Å². The highest BCUT2D eigenvalue weighted by atomic mass is 16.5. The molecule has 2 aliphatic rings. The van der Waals surface area contributed by atoms with Gasteiger partial charge in [-0.25, -0.2) is 15.0 Å². The van der Waals surface area contributed by atoms with Crippen molar-refractivity contribution in [3.05, 3.63) is 35.7 Å². The SMILES string of the molecule is CNc1ncc(C(=O)N=c2nc3c(OC)c(OCCCN4CCOCC4)ccc3c3n2CCN3)cn1. The average Bonchev–Trinajstić information content (AvgIpc) is 3.42. The van der Waals surface area contributed by atoms with Crippen molar-refractivity contribution in [2.75, 3.05) is 70.8 Å². The number of carbonyl (C=O) groups is 1. The fourth-order valence-electron chi connectivity index (χ4n) is 4.36. The van der Waals surface area contributed by atoms with Crippen molar-refractivity contribution in [3.8, 4) is 11.5 Å². The average molecular weight is 495 g/mol. The van der Waals surface area contributed by atoms with Gasteiger partial charge in [0.2, 0.25) is 11.6 Å². The van der Waals surface area contributed by atoms with Crippen LogP contribution in [0.4, 0.5) is 11.8 Å². The molecule has 0 bridgehead atoms. The van der Waals surface area contributed by atoms with Crippen LogP contribution < -0.4 is 25.7 Å². The van der Waals surface area contributed by atoms with Gasteiger partial charge in [-0.2, -0.15) is 4.99 Å². The number of fused-ring (bicyclic) bond motifs is 3. The van der Waals surface area contributed by atoms with Crippen molar-refractivity contribution in [2.24, 2.45) is 4.99 Å². The monoisotopic (exact) mass is 494 g/mol. The summed E-state index contributed by atoms with van der Waals surface area (Å²) in [5, 5.41) is 7.08. The largest absolute Gasteiger partial charge is 0.491 e. The minimum atomic E-state index is -0.472. The van der Waals surface area contributed by atoms with E-state index in [1.54, 1.807) is 14.2 Å². The lowest BCUT2D eigenvalue weighted by molar-refractivity contribution is 0.0357. The molecule has 1 saturated heterocycles. The van der Waals surface area contributed by atoms with Crippen LogP contribution in [0.1, 0.15) is 16.8 Å². The number of nitrogens with one attached hydrogen (secondary N) is 2. The normalized spacial score (nSPS) is 16.0. The number of morpholine rings is 1. The van der Waals surface area contributed by atoms with Crippen molar-refractivity contribution in [1.82, 2.24) is 24.4 Å². The zero-order valence-corrected chi connectivity index (χ0v) is 20.5. The quantitative estimate of drug-likeness (QED) is 0.440. The molecule has 12 heteroatoms. The zero-order chi connectivity index (χ0) is 24.9. The first-order valence-corrected chi connectivity index (χ1v) is 12.0. The molecule has 0 radical (unpaired) electrons. The fourth-order valence-corrected chi connectivity index (χ4v) is 4.36. The minimum Gasteiger partial charge on any atom is -0.491 e. The molecule has 3 aromatic rings. The molecule has 2 aromatic heterocycles. The Bertz CT molecular complexity index is 1300. The number of benzene rings is 1. The number of carbonyl (C=O) groups excluding carboxylic acids is 1. The van der Waals surface area contributed by atoms with E-state index in [1.807, 2.05) is 16.7 Å². The number of anilines is 2. The first kappa shape index (κ1) is 23.9. The lowest BCUT2D eigenvalue weighted by Crippen LogP contribution is -2.37. The summed E-state index contributed by atoms with van der Waals surface area (Å²) in [4.78, 5) is 32.5. The molecule has 0 aliphatic carbocycles. The van der Waals surface area contributed by atoms with Gasteiger partial charge in [0.25, 0.3) is 5.91 Å². The summed E-state index contributed by atoms with van der Waals surface area (Å²) >= 11 is 0. The molecular formula is C24H30N8O4. The lowest BCUT2D eigenvalue weighted by atomic mass is 10.2. The van der Waals surface area contributed by atoms with Gasteiger partial charge in [-0.05, 0) is 18.6 Å². The number of rotatable bonds is 8. The van der Waals surface area contributed by atoms with Gasteiger partial charge in [-0.15, -0.1) is 0 Å². The molecule has 2 N–H and O–H groups in total. The molecule has 0 atom stereocenters. The number of aromatic nitrogens is 4. The van der Waals surface area contributed by atoms with Crippen molar-refractivity contribution in [2.45, 2.75) is 13.0 Å². The number of ether oxygens (including phenoxy) is 3. The van der Waals surface area contributed by atoms with E-state index in [1.165, 1.54) is 12.4 Å². The molecule has 1 fully saturated rings. The Morgan fingerprint density at radius 1 is 1.22 bits per heavy atom. The second-order valence-electron chi connectivity index (χ2n) is 8.45. The molecule has 0 saturated carbocycles. The van der Waals surface area contributed by atoms with Crippen LogP contribution in [0.2, 0.25) is 0 Å². The van der Waals surface area contributed by atoms with Crippen LogP contribution in [0.15, 0.2) is 29.5 Å². The summed E-state index contributed by atoms with van der Waals surface area (Å²) in [6, 6.07) is 3.86. The Hall–Kier alpha value is -3.77. The topological polar surface area (TPSA) is 128 Å². The van der Waals surface area contributed by atoms with Crippen LogP contribution in [0.5, 0.6) is 11.5 Å². The molecule has 36 heavy (non-hydrogen) atoms. The molecule has 0 spiro atoms. The standard InChI is InChI=1S/C24H30N8O4/c1-25-23-27-14-16(15-28-23)22(33)30-24-29-19-17(21-26-6-8-32(21)24)4-5-18(20(19)34-2)36-11-3-7-31-9-12-35-13-10-31/h4-5,14-15,26H,3,6-13H2,1-2H3,(H,25,27,28). The third-order valence-corrected chi connectivity index (χ3v) is 6.21. The maximum absolute atomic E-state index is 12.9. The Kier molecular flexibility index (Phi) is 7.23. The molecule has 0 unspecified atom stereocenters. The molecule has 4 heterocycles. The minimum absolute atomic E-state index is 0.278. The van der Waals surface area contributed by atoms with Crippen molar-refractivity contribution >= 4 is 28.6 Å². The number of hydrogen-bond acceptors (Lipinski definition) is 10. The van der Waals surface area contributed by atoms with E-state index in [0.717, 1.165) is 50.5 Å². The van der Waals surface area contributed by atoms with Crippen molar-refractivity contribution < 1.29 is 19.0 Å². The third kappa shape index (κ3) is 4.95. The molecule has 2 aliphatic heterocycles.